The summed E-state index contributed by atoms with van der Waals surface area (Å²) in [6.45, 7) is 8.54. The van der Waals surface area contributed by atoms with Crippen LogP contribution in [0.15, 0.2) is 35.3 Å². The highest BCUT2D eigenvalue weighted by Gasteiger charge is 2.38. The van der Waals surface area contributed by atoms with Gasteiger partial charge in [-0.25, -0.2) is 4.98 Å². The Balaban J connectivity index is 1.74. The predicted octanol–water partition coefficient (Wildman–Crippen LogP) is 4.38. The first-order chi connectivity index (χ1) is 14.8. The van der Waals surface area contributed by atoms with Crippen molar-refractivity contribution in [2.45, 2.75) is 26.3 Å². The number of nitrogens with two attached hydrogens (primary N) is 1. The highest BCUT2D eigenvalue weighted by Crippen LogP contribution is 2.41. The minimum atomic E-state index is 0.0948. The Morgan fingerprint density at radius 2 is 2.06 bits per heavy atom. The monoisotopic (exact) mass is 441 g/mol. The Hall–Kier alpha value is -2.77. The molecule has 0 spiro atoms. The lowest BCUT2D eigenvalue weighted by Crippen LogP contribution is -2.25. The van der Waals surface area contributed by atoms with E-state index in [1.54, 1.807) is 0 Å². The third-order valence-corrected chi connectivity index (χ3v) is 6.89. The largest absolute Gasteiger partial charge is 0.456 e. The van der Waals surface area contributed by atoms with Crippen LogP contribution in [0.3, 0.4) is 0 Å². The third-order valence-electron chi connectivity index (χ3n) is 6.62. The van der Waals surface area contributed by atoms with Gasteiger partial charge in [-0.05, 0) is 54.0 Å². The average Bonchev–Trinajstić information content (AvgIpc) is 3.27. The number of aliphatic hydroxyl groups excluding tert-OH is 1. The van der Waals surface area contributed by atoms with Crippen LogP contribution in [-0.4, -0.2) is 34.8 Å². The second-order valence-corrected chi connectivity index (χ2v) is 8.69. The summed E-state index contributed by atoms with van der Waals surface area (Å²) >= 11 is 6.51. The number of fused-ring (bicyclic) bond motifs is 1. The lowest BCUT2D eigenvalue weighted by molar-refractivity contribution is 0.191. The van der Waals surface area contributed by atoms with E-state index in [1.807, 2.05) is 31.3 Å². The summed E-state index contributed by atoms with van der Waals surface area (Å²) in [5, 5.41) is 17.4. The Morgan fingerprint density at radius 3 is 2.74 bits per heavy atom. The van der Waals surface area contributed by atoms with Crippen LogP contribution in [-0.2, 0) is 0 Å². The summed E-state index contributed by atoms with van der Waals surface area (Å²) in [5.74, 6) is 2.19. The molecule has 7 nitrogen and oxygen atoms in total. The van der Waals surface area contributed by atoms with Gasteiger partial charge >= 0.3 is 0 Å². The predicted molar refractivity (Wildman–Crippen MR) is 126 cm³/mol. The molecule has 0 aliphatic heterocycles. The number of hydrogen-bond acceptors (Lipinski definition) is 7. The van der Waals surface area contributed by atoms with E-state index < -0.39 is 0 Å². The van der Waals surface area contributed by atoms with Gasteiger partial charge in [-0.2, -0.15) is 4.98 Å². The van der Waals surface area contributed by atoms with Gasteiger partial charge in [0.05, 0.1) is 5.56 Å². The number of aromatic nitrogens is 2. The van der Waals surface area contributed by atoms with Crippen molar-refractivity contribution in [2.24, 2.45) is 17.8 Å². The van der Waals surface area contributed by atoms with Crippen molar-refractivity contribution >= 4 is 40.0 Å². The zero-order chi connectivity index (χ0) is 22.3. The van der Waals surface area contributed by atoms with Crippen molar-refractivity contribution < 1.29 is 9.52 Å². The summed E-state index contributed by atoms with van der Waals surface area (Å²) in [4.78, 5) is 8.59. The number of rotatable bonds is 6. The van der Waals surface area contributed by atoms with Gasteiger partial charge < -0.3 is 25.9 Å². The van der Waals surface area contributed by atoms with Crippen molar-refractivity contribution in [1.82, 2.24) is 15.3 Å². The smallest absolute Gasteiger partial charge is 0.223 e. The van der Waals surface area contributed by atoms with Crippen molar-refractivity contribution in [3.05, 3.63) is 41.6 Å². The zero-order valence-electron chi connectivity index (χ0n) is 17.9. The number of furan rings is 1. The van der Waals surface area contributed by atoms with Crippen LogP contribution in [0.4, 0.5) is 11.8 Å². The van der Waals surface area contributed by atoms with E-state index in [2.05, 4.69) is 41.0 Å². The highest BCUT2D eigenvalue weighted by molar-refractivity contribution is 6.32. The number of nitrogens with one attached hydrogen (secondary N) is 2. The van der Waals surface area contributed by atoms with Crippen LogP contribution in [0.2, 0.25) is 5.15 Å². The molecule has 2 aromatic heterocycles. The first-order valence-corrected chi connectivity index (χ1v) is 10.8. The topological polar surface area (TPSA) is 109 Å². The molecule has 4 atom stereocenters. The zero-order valence-corrected chi connectivity index (χ0v) is 18.7. The molecule has 1 fully saturated rings. The van der Waals surface area contributed by atoms with Crippen molar-refractivity contribution in [1.29, 1.82) is 0 Å². The third kappa shape index (κ3) is 3.95. The van der Waals surface area contributed by atoms with Gasteiger partial charge in [0.1, 0.15) is 22.3 Å². The minimum Gasteiger partial charge on any atom is -0.456 e. The quantitative estimate of drug-likeness (QED) is 0.420. The Kier molecular flexibility index (Phi) is 5.81. The average molecular weight is 442 g/mol. The molecule has 0 unspecified atom stereocenters. The van der Waals surface area contributed by atoms with E-state index in [-0.39, 0.29) is 29.7 Å². The second kappa shape index (κ2) is 8.40. The number of hydrogen-bond donors (Lipinski definition) is 4. The fourth-order valence-corrected chi connectivity index (χ4v) is 4.70. The maximum Gasteiger partial charge on any atom is 0.223 e. The molecular formula is C23H28ClN5O2. The number of halogens is 1. The molecule has 0 bridgehead atoms. The molecule has 4 rings (SSSR count). The van der Waals surface area contributed by atoms with E-state index in [0.717, 1.165) is 28.7 Å². The Labute approximate surface area is 186 Å². The van der Waals surface area contributed by atoms with Crippen molar-refractivity contribution in [3.8, 4) is 11.3 Å². The Morgan fingerprint density at radius 1 is 1.29 bits per heavy atom. The summed E-state index contributed by atoms with van der Waals surface area (Å²) in [6, 6.07) is 7.91. The van der Waals surface area contributed by atoms with E-state index in [1.165, 1.54) is 0 Å². The molecule has 8 heteroatoms. The Bertz CT molecular complexity index is 1130. The van der Waals surface area contributed by atoms with Crippen LogP contribution in [0, 0.1) is 17.8 Å². The molecule has 1 aliphatic rings. The molecule has 1 aromatic carbocycles. The fraction of sp³-hybridized carbons (Fsp3) is 0.391. The maximum absolute atomic E-state index is 9.70. The fourth-order valence-electron chi connectivity index (χ4n) is 4.43. The van der Waals surface area contributed by atoms with E-state index in [4.69, 9.17) is 21.8 Å². The van der Waals surface area contributed by atoms with Crippen LogP contribution < -0.4 is 16.4 Å². The van der Waals surface area contributed by atoms with Gasteiger partial charge in [0, 0.05) is 30.8 Å². The summed E-state index contributed by atoms with van der Waals surface area (Å²) < 4.78 is 6.10. The van der Waals surface area contributed by atoms with Crippen molar-refractivity contribution in [3.63, 3.8) is 0 Å². The second-order valence-electron chi connectivity index (χ2n) is 8.34. The van der Waals surface area contributed by atoms with Gasteiger partial charge in [0.25, 0.3) is 0 Å². The number of anilines is 2. The number of nitrogen functional groups attached to an aromatic ring is 1. The molecule has 5 N–H and O–H groups in total. The van der Waals surface area contributed by atoms with E-state index in [0.29, 0.717) is 29.0 Å². The molecule has 1 aliphatic carbocycles. The molecule has 2 heterocycles. The molecule has 164 valence electrons. The SMILES string of the molecule is C=C(NC)c1ccc2oc(-c3c(Cl)nc(N)nc3N[C@@H]3C[C@H](CO)[C@@H](C)[C@H]3C)cc2c1. The van der Waals surface area contributed by atoms with Gasteiger partial charge in [-0.3, -0.25) is 0 Å². The van der Waals surface area contributed by atoms with Crippen LogP contribution >= 0.6 is 11.6 Å². The molecule has 0 saturated heterocycles. The lowest BCUT2D eigenvalue weighted by atomic mass is 9.92. The lowest BCUT2D eigenvalue weighted by Gasteiger charge is -2.21. The maximum atomic E-state index is 9.70. The van der Waals surface area contributed by atoms with E-state index >= 15 is 0 Å². The molecular weight excluding hydrogens is 414 g/mol. The van der Waals surface area contributed by atoms with Gasteiger partial charge in [-0.1, -0.05) is 32.0 Å². The summed E-state index contributed by atoms with van der Waals surface area (Å²) in [6.07, 6.45) is 0.843. The molecule has 1 saturated carbocycles. The first kappa shape index (κ1) is 21.5. The molecule has 31 heavy (non-hydrogen) atoms. The van der Waals surface area contributed by atoms with Crippen LogP contribution in [0.1, 0.15) is 25.8 Å². The molecule has 3 aromatic rings. The summed E-state index contributed by atoms with van der Waals surface area (Å²) in [5.41, 5.74) is 9.01. The van der Waals surface area contributed by atoms with Crippen LogP contribution in [0.5, 0.6) is 0 Å². The molecule has 0 amide bonds. The van der Waals surface area contributed by atoms with Gasteiger partial charge in [-0.15, -0.1) is 0 Å². The summed E-state index contributed by atoms with van der Waals surface area (Å²) in [7, 11) is 1.84. The van der Waals surface area contributed by atoms with Gasteiger partial charge in [0.2, 0.25) is 5.95 Å². The first-order valence-electron chi connectivity index (χ1n) is 10.4. The molecule has 0 radical (unpaired) electrons. The van der Waals surface area contributed by atoms with Gasteiger partial charge in [0.15, 0.2) is 0 Å². The standard InChI is InChI=1S/C23H28ClN5O2/c1-11-12(2)17(8-16(11)10-30)27-22-20(21(24)28-23(25)29-22)19-9-15-7-14(13(3)26-4)5-6-18(15)31-19/h5-7,9,11-12,16-17,26,30H,3,8,10H2,1-2,4H3,(H3,25,27,28,29)/t11-,12+,16+,17+/m0/s1. The number of aliphatic hydroxyl groups is 1. The van der Waals surface area contributed by atoms with Crippen LogP contribution in [0.25, 0.3) is 28.0 Å². The minimum absolute atomic E-state index is 0.0948. The number of nitrogens with zero attached hydrogens (tertiary/aromatic N) is 2. The van der Waals surface area contributed by atoms with Crippen molar-refractivity contribution in [2.75, 3.05) is 24.7 Å². The number of benzene rings is 1. The highest BCUT2D eigenvalue weighted by atomic mass is 35.5. The normalized spacial score (nSPS) is 23.3. The van der Waals surface area contributed by atoms with E-state index in [9.17, 15) is 5.11 Å².